The molecule has 0 radical (unpaired) electrons. The zero-order valence-corrected chi connectivity index (χ0v) is 11.3. The second-order valence-corrected chi connectivity index (χ2v) is 4.33. The van der Waals surface area contributed by atoms with E-state index >= 15 is 0 Å². The molecule has 0 saturated heterocycles. The number of nitrogens with one attached hydrogen (secondary N) is 1. The molecule has 110 valence electrons. The molecule has 1 rings (SSSR count). The first kappa shape index (κ1) is 15.9. The molecule has 0 aromatic heterocycles. The van der Waals surface area contributed by atoms with Gasteiger partial charge >= 0.3 is 5.97 Å². The van der Waals surface area contributed by atoms with Gasteiger partial charge in [-0.3, -0.25) is 9.59 Å². The molecule has 1 aromatic rings. The van der Waals surface area contributed by atoms with Crippen LogP contribution in [0.2, 0.25) is 0 Å². The number of hydrogen-bond donors (Lipinski definition) is 2. The maximum atomic E-state index is 13.1. The number of aliphatic carboxylic acids is 1. The molecule has 5 nitrogen and oxygen atoms in total. The van der Waals surface area contributed by atoms with Crippen molar-refractivity contribution in [3.63, 3.8) is 0 Å². The molecule has 0 saturated carbocycles. The van der Waals surface area contributed by atoms with Crippen LogP contribution in [0.3, 0.4) is 0 Å². The fraction of sp³-hybridized carbons (Fsp3) is 0.429. The first-order valence-corrected chi connectivity index (χ1v) is 6.34. The van der Waals surface area contributed by atoms with E-state index in [1.165, 1.54) is 25.3 Å². The Labute approximate surface area is 116 Å². The normalized spacial score (nSPS) is 10.1. The number of carbonyl (C=O) groups excluding carboxylic acids is 1. The number of rotatable bonds is 8. The van der Waals surface area contributed by atoms with Crippen molar-refractivity contribution in [3.05, 3.63) is 29.6 Å². The highest BCUT2D eigenvalue weighted by Crippen LogP contribution is 2.18. The van der Waals surface area contributed by atoms with Crippen LogP contribution in [0, 0.1) is 5.82 Å². The van der Waals surface area contributed by atoms with Crippen LogP contribution in [-0.4, -0.2) is 24.1 Å². The van der Waals surface area contributed by atoms with Crippen LogP contribution in [0.1, 0.15) is 31.2 Å². The smallest absolute Gasteiger partial charge is 0.303 e. The number of ether oxygens (including phenoxy) is 1. The minimum atomic E-state index is -0.866. The van der Waals surface area contributed by atoms with Crippen molar-refractivity contribution in [1.82, 2.24) is 5.32 Å². The first-order valence-electron chi connectivity index (χ1n) is 6.34. The minimum Gasteiger partial charge on any atom is -0.496 e. The predicted octanol–water partition coefficient (Wildman–Crippen LogP) is 2.10. The zero-order valence-electron chi connectivity index (χ0n) is 11.3. The summed E-state index contributed by atoms with van der Waals surface area (Å²) in [6.07, 6.45) is 1.29. The minimum absolute atomic E-state index is 0.0605. The lowest BCUT2D eigenvalue weighted by Crippen LogP contribution is -2.22. The number of carboxylic acids is 1. The van der Waals surface area contributed by atoms with Gasteiger partial charge in [0.05, 0.1) is 7.11 Å². The summed E-state index contributed by atoms with van der Waals surface area (Å²) >= 11 is 0. The van der Waals surface area contributed by atoms with Gasteiger partial charge in [-0.05, 0) is 31.0 Å². The van der Waals surface area contributed by atoms with E-state index in [-0.39, 0.29) is 25.3 Å². The molecule has 6 heteroatoms. The number of carboxylic acid groups (broad SMARTS) is 1. The molecule has 0 atom stereocenters. The SMILES string of the molecule is COc1ccc(F)cc1CNC(=O)CCCCC(=O)O. The van der Waals surface area contributed by atoms with E-state index in [2.05, 4.69) is 5.32 Å². The zero-order chi connectivity index (χ0) is 15.0. The molecule has 0 aliphatic rings. The van der Waals surface area contributed by atoms with Crippen LogP contribution in [0.25, 0.3) is 0 Å². The molecule has 0 bridgehead atoms. The van der Waals surface area contributed by atoms with Crippen molar-refractivity contribution in [2.75, 3.05) is 7.11 Å². The van der Waals surface area contributed by atoms with Gasteiger partial charge in [0.1, 0.15) is 11.6 Å². The Morgan fingerprint density at radius 2 is 2.00 bits per heavy atom. The third-order valence-corrected chi connectivity index (χ3v) is 2.76. The van der Waals surface area contributed by atoms with E-state index < -0.39 is 11.8 Å². The van der Waals surface area contributed by atoms with Crippen molar-refractivity contribution in [1.29, 1.82) is 0 Å². The quantitative estimate of drug-likeness (QED) is 0.716. The molecule has 0 heterocycles. The topological polar surface area (TPSA) is 75.6 Å². The third kappa shape index (κ3) is 5.69. The van der Waals surface area contributed by atoms with E-state index in [4.69, 9.17) is 9.84 Å². The van der Waals surface area contributed by atoms with Crippen molar-refractivity contribution < 1.29 is 23.8 Å². The number of unbranched alkanes of at least 4 members (excludes halogenated alkanes) is 1. The van der Waals surface area contributed by atoms with Gasteiger partial charge in [0.15, 0.2) is 0 Å². The summed E-state index contributed by atoms with van der Waals surface area (Å²) < 4.78 is 18.2. The Balaban J connectivity index is 2.37. The largest absolute Gasteiger partial charge is 0.496 e. The van der Waals surface area contributed by atoms with Gasteiger partial charge in [0, 0.05) is 24.9 Å². The second kappa shape index (κ2) is 8.14. The van der Waals surface area contributed by atoms with Crippen molar-refractivity contribution in [2.24, 2.45) is 0 Å². The Hall–Kier alpha value is -2.11. The van der Waals surface area contributed by atoms with E-state index in [0.29, 0.717) is 24.2 Å². The van der Waals surface area contributed by atoms with Gasteiger partial charge in [0.2, 0.25) is 5.91 Å². The highest BCUT2D eigenvalue weighted by atomic mass is 19.1. The molecule has 0 aliphatic carbocycles. The highest BCUT2D eigenvalue weighted by molar-refractivity contribution is 5.76. The Morgan fingerprint density at radius 3 is 2.65 bits per heavy atom. The van der Waals surface area contributed by atoms with E-state index in [1.807, 2.05) is 0 Å². The summed E-state index contributed by atoms with van der Waals surface area (Å²) in [4.78, 5) is 21.9. The Bertz CT molecular complexity index is 476. The van der Waals surface area contributed by atoms with Crippen LogP contribution < -0.4 is 10.1 Å². The molecule has 0 spiro atoms. The lowest BCUT2D eigenvalue weighted by Gasteiger charge is -2.09. The maximum absolute atomic E-state index is 13.1. The number of halogens is 1. The van der Waals surface area contributed by atoms with E-state index in [9.17, 15) is 14.0 Å². The van der Waals surface area contributed by atoms with Crippen molar-refractivity contribution in [2.45, 2.75) is 32.2 Å². The van der Waals surface area contributed by atoms with Crippen LogP contribution >= 0.6 is 0 Å². The molecule has 0 aliphatic heterocycles. The van der Waals surface area contributed by atoms with E-state index in [0.717, 1.165) is 0 Å². The standard InChI is InChI=1S/C14H18FNO4/c1-20-12-7-6-11(15)8-10(12)9-16-13(17)4-2-3-5-14(18)19/h6-8H,2-5,9H2,1H3,(H,16,17)(H,18,19). The monoisotopic (exact) mass is 283 g/mol. The molecule has 1 aromatic carbocycles. The summed E-state index contributed by atoms with van der Waals surface area (Å²) in [7, 11) is 1.48. The molecular weight excluding hydrogens is 265 g/mol. The summed E-state index contributed by atoms with van der Waals surface area (Å²) in [5, 5.41) is 11.1. The van der Waals surface area contributed by atoms with Crippen LogP contribution in [0.5, 0.6) is 5.75 Å². The van der Waals surface area contributed by atoms with Gasteiger partial charge in [-0.25, -0.2) is 4.39 Å². The number of methoxy groups -OCH3 is 1. The first-order chi connectivity index (χ1) is 9.52. The summed E-state index contributed by atoms with van der Waals surface area (Å²) in [6.45, 7) is 0.179. The maximum Gasteiger partial charge on any atom is 0.303 e. The number of carbonyl (C=O) groups is 2. The second-order valence-electron chi connectivity index (χ2n) is 4.33. The Kier molecular flexibility index (Phi) is 6.49. The van der Waals surface area contributed by atoms with Gasteiger partial charge in [0.25, 0.3) is 0 Å². The highest BCUT2D eigenvalue weighted by Gasteiger charge is 2.07. The number of amides is 1. The van der Waals surface area contributed by atoms with Gasteiger partial charge in [-0.15, -0.1) is 0 Å². The lowest BCUT2D eigenvalue weighted by atomic mass is 10.1. The molecule has 0 fully saturated rings. The average molecular weight is 283 g/mol. The number of hydrogen-bond acceptors (Lipinski definition) is 3. The van der Waals surface area contributed by atoms with Gasteiger partial charge < -0.3 is 15.2 Å². The molecule has 0 unspecified atom stereocenters. The van der Waals surface area contributed by atoms with Gasteiger partial charge in [-0.2, -0.15) is 0 Å². The molecule has 2 N–H and O–H groups in total. The fourth-order valence-electron chi connectivity index (χ4n) is 1.73. The lowest BCUT2D eigenvalue weighted by molar-refractivity contribution is -0.137. The van der Waals surface area contributed by atoms with E-state index in [1.54, 1.807) is 0 Å². The number of benzene rings is 1. The Morgan fingerprint density at radius 1 is 1.30 bits per heavy atom. The predicted molar refractivity (Wildman–Crippen MR) is 70.9 cm³/mol. The van der Waals surface area contributed by atoms with Crippen LogP contribution in [-0.2, 0) is 16.1 Å². The summed E-state index contributed by atoms with van der Waals surface area (Å²) in [5.41, 5.74) is 0.561. The summed E-state index contributed by atoms with van der Waals surface area (Å²) in [6, 6.07) is 4.10. The third-order valence-electron chi connectivity index (χ3n) is 2.76. The molecule has 20 heavy (non-hydrogen) atoms. The van der Waals surface area contributed by atoms with Crippen LogP contribution in [0.4, 0.5) is 4.39 Å². The summed E-state index contributed by atoms with van der Waals surface area (Å²) in [5.74, 6) is -0.939. The molecule has 1 amide bonds. The van der Waals surface area contributed by atoms with Crippen molar-refractivity contribution in [3.8, 4) is 5.75 Å². The van der Waals surface area contributed by atoms with Crippen LogP contribution in [0.15, 0.2) is 18.2 Å². The molecular formula is C14H18FNO4. The fourth-order valence-corrected chi connectivity index (χ4v) is 1.73. The average Bonchev–Trinajstić information content (AvgIpc) is 2.41. The van der Waals surface area contributed by atoms with Crippen molar-refractivity contribution >= 4 is 11.9 Å². The van der Waals surface area contributed by atoms with Gasteiger partial charge in [-0.1, -0.05) is 0 Å².